The topological polar surface area (TPSA) is 79.8 Å². The van der Waals surface area contributed by atoms with Crippen molar-refractivity contribution in [3.8, 4) is 0 Å². The van der Waals surface area contributed by atoms with E-state index in [2.05, 4.69) is 16.0 Å². The predicted octanol–water partition coefficient (Wildman–Crippen LogP) is 6.10. The number of oxime groups is 1. The number of hydrogen-bond donors (Lipinski definition) is 2. The van der Waals surface area contributed by atoms with Crippen molar-refractivity contribution < 1.29 is 32.0 Å². The maximum Gasteiger partial charge on any atom is 0.435 e. The number of alkyl halides is 3. The van der Waals surface area contributed by atoms with E-state index in [0.717, 1.165) is 18.2 Å². The molecule has 3 aromatic carbocycles. The van der Waals surface area contributed by atoms with Crippen LogP contribution in [0.4, 0.5) is 17.6 Å². The zero-order valence-electron chi connectivity index (χ0n) is 18.9. The number of rotatable bonds is 4. The summed E-state index contributed by atoms with van der Waals surface area (Å²) in [6.07, 6.45) is -5.51. The van der Waals surface area contributed by atoms with Gasteiger partial charge in [-0.3, -0.25) is 20.4 Å². The molecule has 1 heterocycles. The fourth-order valence-electron chi connectivity index (χ4n) is 3.84. The predicted molar refractivity (Wildman–Crippen MR) is 129 cm³/mol. The highest BCUT2D eigenvalue weighted by Crippen LogP contribution is 2.49. The van der Waals surface area contributed by atoms with Crippen molar-refractivity contribution in [1.29, 1.82) is 0 Å². The third-order valence-corrected chi connectivity index (χ3v) is 6.16. The zero-order chi connectivity index (χ0) is 27.0. The van der Waals surface area contributed by atoms with Crippen molar-refractivity contribution >= 4 is 40.7 Å². The molecule has 2 N–H and O–H groups in total. The van der Waals surface area contributed by atoms with Crippen molar-refractivity contribution in [2.45, 2.75) is 25.1 Å². The molecule has 1 aliphatic heterocycles. The van der Waals surface area contributed by atoms with Crippen molar-refractivity contribution in [1.82, 2.24) is 10.9 Å². The number of hydrogen-bond acceptors (Lipinski definition) is 4. The Kier molecular flexibility index (Phi) is 7.16. The molecule has 1 aliphatic rings. The lowest BCUT2D eigenvalue weighted by molar-refractivity contribution is -0.275. The molecule has 192 valence electrons. The van der Waals surface area contributed by atoms with Crippen LogP contribution in [-0.2, 0) is 10.4 Å². The van der Waals surface area contributed by atoms with Gasteiger partial charge in [-0.15, -0.1) is 0 Å². The van der Waals surface area contributed by atoms with Crippen LogP contribution in [-0.4, -0.2) is 23.7 Å². The molecule has 2 amide bonds. The first kappa shape index (κ1) is 26.4. The minimum absolute atomic E-state index is 0.00339. The molecule has 0 saturated heterocycles. The van der Waals surface area contributed by atoms with Crippen LogP contribution < -0.4 is 10.9 Å². The average molecular weight is 554 g/mol. The molecule has 0 fully saturated rings. The van der Waals surface area contributed by atoms with Gasteiger partial charge in [0.2, 0.25) is 0 Å². The van der Waals surface area contributed by atoms with Gasteiger partial charge in [0.1, 0.15) is 5.82 Å². The molecule has 4 rings (SSSR count). The molecular formula is C25H17Cl2F4N3O3. The van der Waals surface area contributed by atoms with Crippen LogP contribution in [0.15, 0.2) is 65.8 Å². The van der Waals surface area contributed by atoms with Gasteiger partial charge in [0.15, 0.2) is 0 Å². The fraction of sp³-hybridized carbons (Fsp3) is 0.160. The Morgan fingerprint density at radius 2 is 1.57 bits per heavy atom. The van der Waals surface area contributed by atoms with Gasteiger partial charge in [-0.1, -0.05) is 46.6 Å². The number of aryl methyl sites for hydroxylation is 1. The summed E-state index contributed by atoms with van der Waals surface area (Å²) in [7, 11) is 0. The Balaban J connectivity index is 1.52. The maximum absolute atomic E-state index is 14.2. The Labute approximate surface area is 218 Å². The van der Waals surface area contributed by atoms with Gasteiger partial charge in [-0.25, -0.2) is 4.39 Å². The van der Waals surface area contributed by atoms with E-state index in [4.69, 9.17) is 28.0 Å². The number of hydrazine groups is 1. The molecule has 0 spiro atoms. The summed E-state index contributed by atoms with van der Waals surface area (Å²) >= 11 is 11.8. The molecule has 1 atom stereocenters. The van der Waals surface area contributed by atoms with E-state index in [1.54, 1.807) is 6.92 Å². The highest BCUT2D eigenvalue weighted by molar-refractivity contribution is 6.34. The van der Waals surface area contributed by atoms with Crippen LogP contribution in [0.3, 0.4) is 0 Å². The monoisotopic (exact) mass is 553 g/mol. The molecule has 0 aliphatic carbocycles. The number of nitrogens with one attached hydrogen (secondary N) is 2. The first-order valence-electron chi connectivity index (χ1n) is 10.7. The summed E-state index contributed by atoms with van der Waals surface area (Å²) < 4.78 is 56.4. The van der Waals surface area contributed by atoms with E-state index in [0.29, 0.717) is 11.1 Å². The molecular weight excluding hydrogens is 537 g/mol. The Morgan fingerprint density at radius 3 is 2.16 bits per heavy atom. The van der Waals surface area contributed by atoms with Gasteiger partial charge in [0, 0.05) is 27.6 Å². The normalized spacial score (nSPS) is 17.1. The number of benzene rings is 3. The zero-order valence-corrected chi connectivity index (χ0v) is 20.4. The van der Waals surface area contributed by atoms with Crippen LogP contribution in [0.1, 0.15) is 43.8 Å². The quantitative estimate of drug-likeness (QED) is 0.302. The number of amides is 2. The van der Waals surface area contributed by atoms with Crippen LogP contribution in [0.5, 0.6) is 0 Å². The van der Waals surface area contributed by atoms with E-state index < -0.39 is 35.8 Å². The summed E-state index contributed by atoms with van der Waals surface area (Å²) in [5, 5.41) is 3.72. The highest BCUT2D eigenvalue weighted by atomic mass is 35.5. The van der Waals surface area contributed by atoms with Gasteiger partial charge in [-0.05, 0) is 60.5 Å². The van der Waals surface area contributed by atoms with Crippen LogP contribution in [0.2, 0.25) is 10.0 Å². The minimum Gasteiger partial charge on any atom is -0.374 e. The average Bonchev–Trinajstić information content (AvgIpc) is 3.29. The van der Waals surface area contributed by atoms with Crippen molar-refractivity contribution in [2.75, 3.05) is 0 Å². The molecule has 12 heteroatoms. The maximum atomic E-state index is 14.2. The summed E-state index contributed by atoms with van der Waals surface area (Å²) in [6, 6.07) is 13.0. The number of nitrogens with zero attached hydrogens (tertiary/aromatic N) is 1. The van der Waals surface area contributed by atoms with Crippen LogP contribution in [0.25, 0.3) is 0 Å². The van der Waals surface area contributed by atoms with Gasteiger partial charge in [-0.2, -0.15) is 13.2 Å². The molecule has 0 bridgehead atoms. The lowest BCUT2D eigenvalue weighted by atomic mass is 9.86. The van der Waals surface area contributed by atoms with Gasteiger partial charge in [0.05, 0.1) is 11.3 Å². The van der Waals surface area contributed by atoms with Crippen molar-refractivity contribution in [3.63, 3.8) is 0 Å². The van der Waals surface area contributed by atoms with Gasteiger partial charge < -0.3 is 4.84 Å². The first-order valence-corrected chi connectivity index (χ1v) is 11.4. The lowest BCUT2D eigenvalue weighted by Crippen LogP contribution is -2.42. The van der Waals surface area contributed by atoms with Gasteiger partial charge in [0.25, 0.3) is 17.4 Å². The summed E-state index contributed by atoms with van der Waals surface area (Å²) in [5.74, 6) is -2.33. The number of carbonyl (C=O) groups excluding carboxylic acids is 2. The minimum atomic E-state index is -4.85. The fourth-order valence-corrected chi connectivity index (χ4v) is 4.36. The standard InChI is InChI=1S/C25H17Cl2F4N3O3/c1-13-8-14(6-7-18(13)22(35)32-33-23(36)19-4-2-3-5-20(19)28)21-12-24(37-34-21,25(29,30)31)15-9-16(26)11-17(27)10-15/h2-11H,12H2,1H3,(H,32,35)(H,33,36). The molecule has 1 unspecified atom stereocenters. The van der Waals surface area contributed by atoms with E-state index >= 15 is 0 Å². The number of carbonyl (C=O) groups is 2. The van der Waals surface area contributed by atoms with E-state index in [9.17, 15) is 27.2 Å². The van der Waals surface area contributed by atoms with Crippen LogP contribution >= 0.6 is 23.2 Å². The molecule has 0 radical (unpaired) electrons. The highest BCUT2D eigenvalue weighted by Gasteiger charge is 2.62. The second-order valence-electron chi connectivity index (χ2n) is 8.21. The molecule has 0 aromatic heterocycles. The third-order valence-electron chi connectivity index (χ3n) is 5.73. The smallest absolute Gasteiger partial charge is 0.374 e. The van der Waals surface area contributed by atoms with Gasteiger partial charge >= 0.3 is 6.18 Å². The Bertz CT molecular complexity index is 1410. The SMILES string of the molecule is Cc1cc(C2=NOC(c3cc(Cl)cc(Cl)c3)(C(F)(F)F)C2)ccc1C(=O)NNC(=O)c1ccccc1F. The first-order chi connectivity index (χ1) is 17.4. The molecule has 3 aromatic rings. The second kappa shape index (κ2) is 10.0. The Morgan fingerprint density at radius 1 is 0.946 bits per heavy atom. The lowest BCUT2D eigenvalue weighted by Gasteiger charge is -2.29. The van der Waals surface area contributed by atoms with E-state index in [1.807, 2.05) is 0 Å². The summed E-state index contributed by atoms with van der Waals surface area (Å²) in [6.45, 7) is 1.56. The van der Waals surface area contributed by atoms with Crippen LogP contribution in [0, 0.1) is 12.7 Å². The second-order valence-corrected chi connectivity index (χ2v) is 9.08. The summed E-state index contributed by atoms with van der Waals surface area (Å²) in [4.78, 5) is 29.7. The third kappa shape index (κ3) is 5.26. The Hall–Kier alpha value is -3.63. The molecule has 6 nitrogen and oxygen atoms in total. The van der Waals surface area contributed by atoms with Crippen molar-refractivity contribution in [2.24, 2.45) is 5.16 Å². The molecule has 37 heavy (non-hydrogen) atoms. The number of halogens is 6. The van der Waals surface area contributed by atoms with E-state index in [1.165, 1.54) is 42.5 Å². The largest absolute Gasteiger partial charge is 0.435 e. The van der Waals surface area contributed by atoms with Crippen molar-refractivity contribution in [3.05, 3.63) is 104 Å². The molecule has 0 saturated carbocycles. The summed E-state index contributed by atoms with van der Waals surface area (Å²) in [5.41, 5.74) is 1.75. The van der Waals surface area contributed by atoms with E-state index in [-0.39, 0.29) is 32.4 Å².